The fraction of sp³-hybridized carbons (Fsp3) is 0.536. The Morgan fingerprint density at radius 3 is 1.39 bits per heavy atom. The van der Waals surface area contributed by atoms with Crippen LogP contribution in [0.25, 0.3) is 21.8 Å². The quantitative estimate of drug-likeness (QED) is 0.0380. The average molecular weight is 1490 g/mol. The Morgan fingerprint density at radius 1 is 0.586 bits per heavy atom. The number of aromatic nitrogens is 14. The summed E-state index contributed by atoms with van der Waals surface area (Å²) in [4.78, 5) is 120. The van der Waals surface area contributed by atoms with Gasteiger partial charge in [0.2, 0.25) is 11.6 Å². The smallest absolute Gasteiger partial charge is 0.541 e. The molecule has 8 aromatic rings. The van der Waals surface area contributed by atoms with Crippen LogP contribution < -0.4 is 45.3 Å². The van der Waals surface area contributed by atoms with Crippen LogP contribution in [0, 0.1) is 10.8 Å². The Hall–Kier alpha value is -8.03. The number of carboxylic acid groups (broad SMARTS) is 1. The van der Waals surface area contributed by atoms with Crippen molar-refractivity contribution in [3.05, 3.63) is 119 Å². The number of ether oxygens (including phenoxy) is 2. The molecule has 4 aliphatic rings. The van der Waals surface area contributed by atoms with Crippen LogP contribution >= 0.6 is 22.6 Å². The second-order valence-electron chi connectivity index (χ2n) is 28.5. The monoisotopic (exact) mass is 1490 g/mol. The second-order valence-corrected chi connectivity index (χ2v) is 31.0. The molecule has 28 nitrogen and oxygen atoms in total. The number of likely N-dealkylation sites (tertiary alicyclic amines) is 1. The number of benzene rings is 2. The van der Waals surface area contributed by atoms with Gasteiger partial charge in [0.05, 0.1) is 25.6 Å². The summed E-state index contributed by atoms with van der Waals surface area (Å²) in [6, 6.07) is 11.9. The van der Waals surface area contributed by atoms with Gasteiger partial charge in [-0.3, -0.25) is 29.1 Å². The molecule has 3 aliphatic carbocycles. The number of carbonyl (C=O) groups excluding carboxylic acids is 8. The van der Waals surface area contributed by atoms with Gasteiger partial charge in [-0.05, 0) is 132 Å². The summed E-state index contributed by atoms with van der Waals surface area (Å²) in [6.07, 6.45) is 12.4. The van der Waals surface area contributed by atoms with E-state index in [4.69, 9.17) is 0 Å². The van der Waals surface area contributed by atoms with Gasteiger partial charge in [-0.25, -0.2) is 43.6 Å². The minimum absolute atomic E-state index is 0. The molecule has 2 aromatic carbocycles. The van der Waals surface area contributed by atoms with Crippen LogP contribution in [0.5, 0.6) is 0 Å². The van der Waals surface area contributed by atoms with Gasteiger partial charge in [-0.1, -0.05) is 105 Å². The first kappa shape index (κ1) is 80.0. The third kappa shape index (κ3) is 19.7. The van der Waals surface area contributed by atoms with E-state index in [0.29, 0.717) is 42.4 Å². The van der Waals surface area contributed by atoms with Gasteiger partial charge in [0.1, 0.15) is 31.3 Å². The average Bonchev–Trinajstić information content (AvgIpc) is 1.62. The van der Waals surface area contributed by atoms with E-state index in [9.17, 15) is 43.5 Å². The third-order valence-electron chi connectivity index (χ3n) is 17.1. The van der Waals surface area contributed by atoms with Gasteiger partial charge in [-0.2, -0.15) is 5.10 Å². The molecule has 5 N–H and O–H groups in total. The molecule has 2 fully saturated rings. The van der Waals surface area contributed by atoms with Gasteiger partial charge < -0.3 is 44.9 Å². The number of rotatable bonds is 11. The minimum Gasteiger partial charge on any atom is -0.541 e. The number of fused-ring (bicyclic) bond motifs is 6. The number of aromatic amines is 3. The van der Waals surface area contributed by atoms with Crippen molar-refractivity contribution < 1.29 is 82.5 Å². The minimum atomic E-state index is -1.34. The molecule has 7 heterocycles. The van der Waals surface area contributed by atoms with Crippen molar-refractivity contribution in [1.29, 1.82) is 0 Å². The maximum atomic E-state index is 13.2. The van der Waals surface area contributed by atoms with E-state index in [2.05, 4.69) is 140 Å². The van der Waals surface area contributed by atoms with Crippen molar-refractivity contribution >= 4 is 91.6 Å². The molecule has 30 heteroatoms. The largest absolute Gasteiger partial charge is 1.00 e. The van der Waals surface area contributed by atoms with E-state index in [-0.39, 0.29) is 123 Å². The van der Waals surface area contributed by atoms with Crippen LogP contribution in [0.3, 0.4) is 0 Å². The first-order chi connectivity index (χ1) is 45.9. The number of carbonyl (C=O) groups is 8. The molecular weight excluding hydrogens is 1390 g/mol. The number of H-pyrrole nitrogens is 3. The number of nitrogens with one attached hydrogen (secondary N) is 5. The molecule has 1 saturated carbocycles. The van der Waals surface area contributed by atoms with Crippen LogP contribution in [0.4, 0.5) is 0 Å². The van der Waals surface area contributed by atoms with Crippen molar-refractivity contribution in [2.75, 3.05) is 27.3 Å². The number of alkyl halides is 1. The first-order valence-electron chi connectivity index (χ1n) is 32.8. The SMILES string of the molecule is CC(C)I.CC(C)n1cnc(C(=O)N2CCC(NC(=O)c3ccc4[nH]c5c(c4c3)C(C)(C)CC(C)(C)C5=O)C2)n1.CC(C)n1cnc(C(=O)[O-])n1.CC1(C)CC(C)(C)c2c([nH]c3ccc(C(=O)NC4CCCC4)cc23)C1=O.COC(=O)c1ncn(C(C)C)n1.COC(=O)c1ncn[nH]1.[Na+]. The van der Waals surface area contributed by atoms with Crippen molar-refractivity contribution in [3.8, 4) is 0 Å². The maximum absolute atomic E-state index is 13.2. The van der Waals surface area contributed by atoms with Gasteiger partial charge in [-0.15, -0.1) is 15.3 Å². The van der Waals surface area contributed by atoms with E-state index in [1.165, 1.54) is 50.7 Å². The second kappa shape index (κ2) is 33.4. The molecule has 0 bridgehead atoms. The number of ketones is 2. The molecule has 1 atom stereocenters. The molecule has 6 aromatic heterocycles. The number of carboxylic acids is 1. The zero-order valence-electron chi connectivity index (χ0n) is 60.3. The van der Waals surface area contributed by atoms with Crippen LogP contribution in [0.2, 0.25) is 0 Å². The molecule has 0 spiro atoms. The fourth-order valence-electron chi connectivity index (χ4n) is 12.8. The Labute approximate surface area is 612 Å². The van der Waals surface area contributed by atoms with E-state index >= 15 is 0 Å². The third-order valence-corrected chi connectivity index (χ3v) is 17.1. The summed E-state index contributed by atoms with van der Waals surface area (Å²) in [6.45, 7) is 33.6. The first-order valence-corrected chi connectivity index (χ1v) is 34.1. The number of hydrogen-bond donors (Lipinski definition) is 5. The summed E-state index contributed by atoms with van der Waals surface area (Å²) in [5.41, 5.74) is 5.30. The van der Waals surface area contributed by atoms with Gasteiger partial charge in [0.25, 0.3) is 23.5 Å². The predicted molar refractivity (Wildman–Crippen MR) is 373 cm³/mol. The standard InChI is InChI=1S/C27H34N6O3.C22H28N2O2.C7H11N3O2.C6H9N3O2.C4H5N3O2.C3H7I.Na/c1-15(2)33-14-28-23(31-33)25(36)32-10-9-17(12-32)29-24(35)16-7-8-19-18(11-16)20-21(30-19)22(34)27(5,6)13-26(20,3)4;1-21(2)12-22(3,4)19(25)18-17(21)15-11-13(9-10-16(15)24-18)20(26)23-14-7-5-6-8-14;1-5(2)10-4-8-6(9-10)7(11)12-3;1-4(2)9-3-7-5(8-9)6(10)11;1-9-4(8)3-5-2-6-7-3;1-3(2)4;/h7-8,11,14-15,17,30H,9-10,12-13H2,1-6H3,(H,29,35);9-11,14,24H,5-8,12H2,1-4H3,(H,23,26);4-5H,1-3H3;3-4H,1-2H3,(H,10,11);2H,1H3,(H,5,6,7);3H,1-2H3;/q;;;;;;+1/p-1. The topological polar surface area (TPSA) is 371 Å². The number of Topliss-reactive ketones (excluding diaryl/α,β-unsaturated/α-hetero) is 2. The van der Waals surface area contributed by atoms with Gasteiger partial charge >= 0.3 is 41.5 Å². The van der Waals surface area contributed by atoms with Crippen molar-refractivity contribution in [1.82, 2.24) is 85.0 Å². The summed E-state index contributed by atoms with van der Waals surface area (Å²) in [5, 5.41) is 36.0. The number of amides is 3. The Bertz CT molecular complexity index is 4160. The number of halogens is 1. The summed E-state index contributed by atoms with van der Waals surface area (Å²) in [5.74, 6) is -2.35. The predicted octanol–water partition coefficient (Wildman–Crippen LogP) is 6.90. The molecule has 1 unspecified atom stereocenters. The van der Waals surface area contributed by atoms with Crippen LogP contribution in [-0.2, 0) is 20.3 Å². The number of hydrogen-bond acceptors (Lipinski definition) is 19. The van der Waals surface area contributed by atoms with Crippen LogP contribution in [0.1, 0.15) is 269 Å². The molecular formula is C69H93IN17NaO11. The van der Waals surface area contributed by atoms with E-state index in [0.717, 1.165) is 68.2 Å². The van der Waals surface area contributed by atoms with E-state index in [1.54, 1.807) is 26.7 Å². The summed E-state index contributed by atoms with van der Waals surface area (Å²) < 4.78 is 14.3. The molecule has 1 saturated heterocycles. The number of aromatic carboxylic acids is 1. The molecule has 99 heavy (non-hydrogen) atoms. The number of methoxy groups -OCH3 is 2. The molecule has 12 rings (SSSR count). The Kier molecular flexibility index (Phi) is 27.0. The fourth-order valence-corrected chi connectivity index (χ4v) is 12.8. The zero-order valence-corrected chi connectivity index (χ0v) is 64.5. The molecule has 1 aliphatic heterocycles. The van der Waals surface area contributed by atoms with E-state index < -0.39 is 23.3 Å². The normalized spacial score (nSPS) is 16.8. The van der Waals surface area contributed by atoms with E-state index in [1.807, 2.05) is 99.6 Å². The van der Waals surface area contributed by atoms with Gasteiger partial charge in [0.15, 0.2) is 17.4 Å². The summed E-state index contributed by atoms with van der Waals surface area (Å²) >= 11 is 2.34. The van der Waals surface area contributed by atoms with Crippen LogP contribution in [0.15, 0.2) is 61.7 Å². The number of nitrogens with zero attached hydrogens (tertiary/aromatic N) is 12. The van der Waals surface area contributed by atoms with Crippen molar-refractivity contribution in [2.45, 2.75) is 201 Å². The Morgan fingerprint density at radius 2 is 1.00 bits per heavy atom. The van der Waals surface area contributed by atoms with Crippen molar-refractivity contribution in [2.24, 2.45) is 10.8 Å². The molecule has 3 amide bonds. The van der Waals surface area contributed by atoms with Crippen LogP contribution in [-0.4, -0.2) is 165 Å². The Balaban J connectivity index is 0.000000212. The summed E-state index contributed by atoms with van der Waals surface area (Å²) in [7, 11) is 2.59. The van der Waals surface area contributed by atoms with Crippen molar-refractivity contribution in [3.63, 3.8) is 0 Å². The maximum Gasteiger partial charge on any atom is 1.00 e. The molecule has 528 valence electrons. The zero-order chi connectivity index (χ0) is 72.5. The number of esters is 2. The molecule has 0 radical (unpaired) electrons. The van der Waals surface area contributed by atoms with Gasteiger partial charge in [0, 0.05) is 91.0 Å².